The lowest BCUT2D eigenvalue weighted by Gasteiger charge is -2.18. The lowest BCUT2D eigenvalue weighted by Crippen LogP contribution is -2.33. The summed E-state index contributed by atoms with van der Waals surface area (Å²) in [7, 11) is 1.30. The molecule has 2 aromatic rings. The van der Waals surface area contributed by atoms with Crippen molar-refractivity contribution in [3.63, 3.8) is 0 Å². The van der Waals surface area contributed by atoms with Crippen molar-refractivity contribution in [1.29, 1.82) is 0 Å². The lowest BCUT2D eigenvalue weighted by atomic mass is 9.95. The maximum Gasteiger partial charge on any atom is 0.407 e. The summed E-state index contributed by atoms with van der Waals surface area (Å²) in [5.41, 5.74) is 1.83. The SMILES string of the molecule is COC(=O)CCNC(=O)CC(CNC(=O)OCc1ccccc1)c1ccccc1. The number of hydrogen-bond donors (Lipinski definition) is 2. The van der Waals surface area contributed by atoms with Crippen molar-refractivity contribution in [2.75, 3.05) is 20.2 Å². The fourth-order valence-electron chi connectivity index (χ4n) is 2.72. The van der Waals surface area contributed by atoms with E-state index in [-0.39, 0.29) is 50.3 Å². The van der Waals surface area contributed by atoms with Crippen LogP contribution < -0.4 is 10.6 Å². The first-order valence-electron chi connectivity index (χ1n) is 9.41. The number of benzene rings is 2. The Morgan fingerprint density at radius 1 is 0.931 bits per heavy atom. The second kappa shape index (κ2) is 12.2. The van der Waals surface area contributed by atoms with Gasteiger partial charge in [-0.15, -0.1) is 0 Å². The minimum atomic E-state index is -0.541. The Kier molecular flexibility index (Phi) is 9.21. The molecule has 0 saturated carbocycles. The van der Waals surface area contributed by atoms with Crippen molar-refractivity contribution in [3.05, 3.63) is 71.8 Å². The third-order valence-corrected chi connectivity index (χ3v) is 4.29. The van der Waals surface area contributed by atoms with E-state index in [9.17, 15) is 14.4 Å². The maximum atomic E-state index is 12.2. The fraction of sp³-hybridized carbons (Fsp3) is 0.318. The minimum absolute atomic E-state index is 0.113. The van der Waals surface area contributed by atoms with Crippen molar-refractivity contribution in [1.82, 2.24) is 10.6 Å². The molecule has 0 fully saturated rings. The van der Waals surface area contributed by atoms with Gasteiger partial charge in [-0.2, -0.15) is 0 Å². The van der Waals surface area contributed by atoms with E-state index in [4.69, 9.17) is 4.74 Å². The lowest BCUT2D eigenvalue weighted by molar-refractivity contribution is -0.140. The van der Waals surface area contributed by atoms with Crippen LogP contribution in [0.15, 0.2) is 60.7 Å². The molecule has 2 aromatic carbocycles. The number of carbonyl (C=O) groups excluding carboxylic acids is 3. The van der Waals surface area contributed by atoms with Crippen LogP contribution in [0.2, 0.25) is 0 Å². The zero-order valence-electron chi connectivity index (χ0n) is 16.4. The molecule has 0 heterocycles. The largest absolute Gasteiger partial charge is 0.469 e. The minimum Gasteiger partial charge on any atom is -0.469 e. The first-order chi connectivity index (χ1) is 14.1. The standard InChI is InChI=1S/C22H26N2O5/c1-28-21(26)12-13-23-20(25)14-19(18-10-6-3-7-11-18)15-24-22(27)29-16-17-8-4-2-5-9-17/h2-11,19H,12-16H2,1H3,(H,23,25)(H,24,27). The summed E-state index contributed by atoms with van der Waals surface area (Å²) in [4.78, 5) is 35.4. The molecule has 2 rings (SSSR count). The molecule has 154 valence electrons. The van der Waals surface area contributed by atoms with Crippen LogP contribution in [-0.2, 0) is 25.7 Å². The fourth-order valence-corrected chi connectivity index (χ4v) is 2.72. The molecule has 0 aromatic heterocycles. The van der Waals surface area contributed by atoms with Crippen LogP contribution in [0, 0.1) is 0 Å². The Hall–Kier alpha value is -3.35. The van der Waals surface area contributed by atoms with Gasteiger partial charge in [0.15, 0.2) is 0 Å². The molecule has 29 heavy (non-hydrogen) atoms. The van der Waals surface area contributed by atoms with E-state index in [1.807, 2.05) is 60.7 Å². The van der Waals surface area contributed by atoms with E-state index in [2.05, 4.69) is 15.4 Å². The monoisotopic (exact) mass is 398 g/mol. The first kappa shape index (κ1) is 21.9. The summed E-state index contributed by atoms with van der Waals surface area (Å²) in [5, 5.41) is 5.42. The molecule has 0 spiro atoms. The maximum absolute atomic E-state index is 12.2. The summed E-state index contributed by atoms with van der Waals surface area (Å²) in [5.74, 6) is -0.812. The number of hydrogen-bond acceptors (Lipinski definition) is 5. The van der Waals surface area contributed by atoms with E-state index < -0.39 is 6.09 Å². The number of alkyl carbamates (subject to hydrolysis) is 1. The number of carbonyl (C=O) groups is 3. The van der Waals surface area contributed by atoms with Gasteiger partial charge in [0.1, 0.15) is 6.61 Å². The molecule has 7 heteroatoms. The molecule has 2 amide bonds. The molecule has 2 N–H and O–H groups in total. The van der Waals surface area contributed by atoms with Crippen LogP contribution in [0.4, 0.5) is 4.79 Å². The molecule has 0 aliphatic heterocycles. The van der Waals surface area contributed by atoms with Crippen molar-refractivity contribution >= 4 is 18.0 Å². The van der Waals surface area contributed by atoms with Gasteiger partial charge in [-0.3, -0.25) is 9.59 Å². The van der Waals surface area contributed by atoms with Crippen LogP contribution >= 0.6 is 0 Å². The Morgan fingerprint density at radius 2 is 1.59 bits per heavy atom. The van der Waals surface area contributed by atoms with Gasteiger partial charge < -0.3 is 20.1 Å². The van der Waals surface area contributed by atoms with Crippen molar-refractivity contribution < 1.29 is 23.9 Å². The number of esters is 1. The highest BCUT2D eigenvalue weighted by Crippen LogP contribution is 2.18. The first-order valence-corrected chi connectivity index (χ1v) is 9.41. The number of rotatable bonds is 10. The van der Waals surface area contributed by atoms with Crippen LogP contribution in [0.3, 0.4) is 0 Å². The van der Waals surface area contributed by atoms with E-state index >= 15 is 0 Å². The van der Waals surface area contributed by atoms with Crippen LogP contribution in [0.5, 0.6) is 0 Å². The zero-order chi connectivity index (χ0) is 20.9. The van der Waals surface area contributed by atoms with Crippen molar-refractivity contribution in [3.8, 4) is 0 Å². The Morgan fingerprint density at radius 3 is 2.24 bits per heavy atom. The zero-order valence-corrected chi connectivity index (χ0v) is 16.4. The van der Waals surface area contributed by atoms with Gasteiger partial charge >= 0.3 is 12.1 Å². The van der Waals surface area contributed by atoms with Crippen LogP contribution in [-0.4, -0.2) is 38.2 Å². The van der Waals surface area contributed by atoms with E-state index in [1.54, 1.807) is 0 Å². The summed E-state index contributed by atoms with van der Waals surface area (Å²) in [6.07, 6.45) is -0.257. The highest BCUT2D eigenvalue weighted by atomic mass is 16.5. The summed E-state index contributed by atoms with van der Waals surface area (Å²) in [6, 6.07) is 18.9. The van der Waals surface area contributed by atoms with Crippen molar-refractivity contribution in [2.24, 2.45) is 0 Å². The Bertz CT molecular complexity index is 780. The predicted molar refractivity (Wildman–Crippen MR) is 108 cm³/mol. The number of nitrogens with one attached hydrogen (secondary N) is 2. The molecule has 0 saturated heterocycles. The molecule has 0 aliphatic carbocycles. The average molecular weight is 398 g/mol. The highest BCUT2D eigenvalue weighted by molar-refractivity contribution is 5.78. The Labute approximate surface area is 170 Å². The topological polar surface area (TPSA) is 93.7 Å². The van der Waals surface area contributed by atoms with Gasteiger partial charge in [0.2, 0.25) is 5.91 Å². The summed E-state index contributed by atoms with van der Waals surface area (Å²) in [6.45, 7) is 0.637. The molecule has 7 nitrogen and oxygen atoms in total. The van der Waals surface area contributed by atoms with Gasteiger partial charge in [0, 0.05) is 25.4 Å². The Balaban J connectivity index is 1.85. The number of methoxy groups -OCH3 is 1. The highest BCUT2D eigenvalue weighted by Gasteiger charge is 2.17. The summed E-state index contributed by atoms with van der Waals surface area (Å²) < 4.78 is 9.77. The quantitative estimate of drug-likeness (QED) is 0.600. The normalized spacial score (nSPS) is 11.2. The molecule has 0 bridgehead atoms. The second-order valence-electron chi connectivity index (χ2n) is 6.43. The molecular formula is C22H26N2O5. The molecular weight excluding hydrogens is 372 g/mol. The van der Waals surface area contributed by atoms with Crippen molar-refractivity contribution in [2.45, 2.75) is 25.4 Å². The number of ether oxygens (including phenoxy) is 2. The van der Waals surface area contributed by atoms with E-state index in [0.29, 0.717) is 0 Å². The van der Waals surface area contributed by atoms with E-state index in [0.717, 1.165) is 11.1 Å². The van der Waals surface area contributed by atoms with Gasteiger partial charge in [-0.25, -0.2) is 4.79 Å². The molecule has 0 aliphatic rings. The third kappa shape index (κ3) is 8.47. The van der Waals surface area contributed by atoms with Gasteiger partial charge in [0.25, 0.3) is 0 Å². The molecule has 1 atom stereocenters. The van der Waals surface area contributed by atoms with Crippen LogP contribution in [0.1, 0.15) is 29.9 Å². The van der Waals surface area contributed by atoms with Gasteiger partial charge in [-0.05, 0) is 11.1 Å². The molecule has 1 unspecified atom stereocenters. The number of amides is 2. The summed E-state index contributed by atoms with van der Waals surface area (Å²) >= 11 is 0. The third-order valence-electron chi connectivity index (χ3n) is 4.29. The van der Waals surface area contributed by atoms with Crippen LogP contribution in [0.25, 0.3) is 0 Å². The predicted octanol–water partition coefficient (Wildman–Crippen LogP) is 2.77. The van der Waals surface area contributed by atoms with Gasteiger partial charge in [-0.1, -0.05) is 60.7 Å². The van der Waals surface area contributed by atoms with Gasteiger partial charge in [0.05, 0.1) is 13.5 Å². The van der Waals surface area contributed by atoms with E-state index in [1.165, 1.54) is 7.11 Å². The average Bonchev–Trinajstić information content (AvgIpc) is 2.76. The smallest absolute Gasteiger partial charge is 0.407 e. The second-order valence-corrected chi connectivity index (χ2v) is 6.43. The molecule has 0 radical (unpaired) electrons.